The predicted molar refractivity (Wildman–Crippen MR) is 93.8 cm³/mol. The van der Waals surface area contributed by atoms with Gasteiger partial charge in [0.15, 0.2) is 5.78 Å². The third-order valence-electron chi connectivity index (χ3n) is 3.44. The fraction of sp³-hybridized carbons (Fsp3) is 0.235. The van der Waals surface area contributed by atoms with E-state index in [4.69, 9.17) is 0 Å². The number of sulfonamides is 1. The molecule has 0 bridgehead atoms. The molecule has 2 N–H and O–H groups in total. The van der Waals surface area contributed by atoms with Gasteiger partial charge in [-0.15, -0.1) is 0 Å². The van der Waals surface area contributed by atoms with Crippen LogP contribution in [0.2, 0.25) is 0 Å². The highest BCUT2D eigenvalue weighted by Gasteiger charge is 2.22. The van der Waals surface area contributed by atoms with E-state index in [1.54, 1.807) is 25.1 Å². The number of nitrogens with one attached hydrogen (secondary N) is 2. The van der Waals surface area contributed by atoms with E-state index in [1.165, 1.54) is 38.1 Å². The van der Waals surface area contributed by atoms with E-state index in [-0.39, 0.29) is 10.7 Å². The number of carbonyl (C=O) groups is 2. The summed E-state index contributed by atoms with van der Waals surface area (Å²) in [6, 6.07) is 9.65. The van der Waals surface area contributed by atoms with Gasteiger partial charge in [-0.05, 0) is 45.0 Å². The molecule has 0 saturated heterocycles. The number of aryl methyl sites for hydroxylation is 1. The lowest BCUT2D eigenvalue weighted by atomic mass is 10.2. The van der Waals surface area contributed by atoms with Crippen molar-refractivity contribution in [3.05, 3.63) is 53.7 Å². The van der Waals surface area contributed by atoms with Crippen LogP contribution in [0.25, 0.3) is 0 Å². The molecule has 0 aliphatic carbocycles. The number of anilines is 1. The summed E-state index contributed by atoms with van der Waals surface area (Å²) in [7, 11) is -3.89. The maximum atomic E-state index is 12.3. The highest BCUT2D eigenvalue weighted by molar-refractivity contribution is 7.89. The van der Waals surface area contributed by atoms with Crippen LogP contribution in [0.3, 0.4) is 0 Å². The summed E-state index contributed by atoms with van der Waals surface area (Å²) in [4.78, 5) is 27.5. The predicted octanol–water partition coefficient (Wildman–Crippen LogP) is 1.90. The van der Waals surface area contributed by atoms with E-state index in [1.807, 2.05) is 0 Å². The molecule has 0 unspecified atom stereocenters. The van der Waals surface area contributed by atoms with E-state index in [0.29, 0.717) is 11.4 Å². The summed E-state index contributed by atoms with van der Waals surface area (Å²) < 4.78 is 27.0. The Labute approximate surface area is 146 Å². The van der Waals surface area contributed by atoms with E-state index in [9.17, 15) is 18.0 Å². The number of hydrogen-bond donors (Lipinski definition) is 2. The SMILES string of the molecule is CC(=O)c1ccc(S(=O)(=O)N[C@@H](C)C(=O)Nc2cccc(C)n2)cc1. The molecular weight excluding hydrogens is 342 g/mol. The number of rotatable bonds is 6. The monoisotopic (exact) mass is 361 g/mol. The summed E-state index contributed by atoms with van der Waals surface area (Å²) in [5.41, 5.74) is 1.15. The third kappa shape index (κ3) is 4.94. The second-order valence-corrected chi connectivity index (χ2v) is 7.29. The first-order valence-electron chi connectivity index (χ1n) is 7.57. The largest absolute Gasteiger partial charge is 0.309 e. The van der Waals surface area contributed by atoms with E-state index in [0.717, 1.165) is 5.69 Å². The number of benzene rings is 1. The summed E-state index contributed by atoms with van der Waals surface area (Å²) in [6.07, 6.45) is 0. The van der Waals surface area contributed by atoms with Gasteiger partial charge in [0.05, 0.1) is 10.9 Å². The number of Topliss-reactive ketones (excluding diaryl/α,β-unsaturated/α-hetero) is 1. The Hall–Kier alpha value is -2.58. The number of hydrogen-bond acceptors (Lipinski definition) is 5. The number of pyridine rings is 1. The van der Waals surface area contributed by atoms with Gasteiger partial charge in [-0.3, -0.25) is 9.59 Å². The van der Waals surface area contributed by atoms with Crippen LogP contribution in [-0.2, 0) is 14.8 Å². The van der Waals surface area contributed by atoms with Crippen LogP contribution in [0.4, 0.5) is 5.82 Å². The lowest BCUT2D eigenvalue weighted by Gasteiger charge is -2.14. The summed E-state index contributed by atoms with van der Waals surface area (Å²) in [5, 5.41) is 2.56. The molecule has 1 atom stereocenters. The van der Waals surface area contributed by atoms with E-state index in [2.05, 4.69) is 15.0 Å². The van der Waals surface area contributed by atoms with Crippen LogP contribution >= 0.6 is 0 Å². The normalized spacial score (nSPS) is 12.4. The lowest BCUT2D eigenvalue weighted by molar-refractivity contribution is -0.117. The Bertz CT molecular complexity index is 892. The Morgan fingerprint density at radius 3 is 2.28 bits per heavy atom. The van der Waals surface area contributed by atoms with Gasteiger partial charge in [0.2, 0.25) is 15.9 Å². The smallest absolute Gasteiger partial charge is 0.243 e. The maximum absolute atomic E-state index is 12.3. The number of nitrogens with zero attached hydrogens (tertiary/aromatic N) is 1. The molecule has 0 fully saturated rings. The van der Waals surface area contributed by atoms with Crippen molar-refractivity contribution in [2.45, 2.75) is 31.7 Å². The van der Waals surface area contributed by atoms with Crippen molar-refractivity contribution >= 4 is 27.5 Å². The third-order valence-corrected chi connectivity index (χ3v) is 4.99. The second kappa shape index (κ2) is 7.54. The van der Waals surface area contributed by atoms with Crippen LogP contribution in [0.5, 0.6) is 0 Å². The quantitative estimate of drug-likeness (QED) is 0.765. The topological polar surface area (TPSA) is 105 Å². The average molecular weight is 361 g/mol. The highest BCUT2D eigenvalue weighted by atomic mass is 32.2. The molecule has 2 aromatic rings. The summed E-state index contributed by atoms with van der Waals surface area (Å²) in [5.74, 6) is -0.334. The molecule has 0 spiro atoms. The minimum absolute atomic E-state index is 0.0224. The average Bonchev–Trinajstić information content (AvgIpc) is 2.54. The van der Waals surface area contributed by atoms with Crippen LogP contribution in [0, 0.1) is 6.92 Å². The number of amides is 1. The van der Waals surface area contributed by atoms with Crippen molar-refractivity contribution in [2.24, 2.45) is 0 Å². The Morgan fingerprint density at radius 1 is 1.08 bits per heavy atom. The molecule has 25 heavy (non-hydrogen) atoms. The van der Waals surface area contributed by atoms with Crippen molar-refractivity contribution in [2.75, 3.05) is 5.32 Å². The number of aromatic nitrogens is 1. The maximum Gasteiger partial charge on any atom is 0.243 e. The first kappa shape index (κ1) is 18.8. The molecule has 0 saturated carbocycles. The van der Waals surface area contributed by atoms with E-state index < -0.39 is 22.0 Å². The van der Waals surface area contributed by atoms with Gasteiger partial charge >= 0.3 is 0 Å². The van der Waals surface area contributed by atoms with Crippen LogP contribution in [0.1, 0.15) is 29.9 Å². The standard InChI is InChI=1S/C17H19N3O4S/c1-11-5-4-6-16(18-11)19-17(22)12(2)20-25(23,24)15-9-7-14(8-10-15)13(3)21/h4-10,12,20H,1-3H3,(H,18,19,22)/t12-/m0/s1. The minimum Gasteiger partial charge on any atom is -0.309 e. The molecule has 1 aromatic heterocycles. The molecule has 1 amide bonds. The molecule has 0 radical (unpaired) electrons. The second-order valence-electron chi connectivity index (χ2n) is 5.58. The van der Waals surface area contributed by atoms with Crippen LogP contribution < -0.4 is 10.0 Å². The van der Waals surface area contributed by atoms with Crippen LogP contribution in [0.15, 0.2) is 47.4 Å². The molecule has 0 aliphatic heterocycles. The Kier molecular flexibility index (Phi) is 5.66. The first-order chi connectivity index (χ1) is 11.7. The van der Waals surface area contributed by atoms with Gasteiger partial charge in [0.25, 0.3) is 0 Å². The minimum atomic E-state index is -3.89. The fourth-order valence-corrected chi connectivity index (χ4v) is 3.27. The summed E-state index contributed by atoms with van der Waals surface area (Å²) in [6.45, 7) is 4.62. The number of ketones is 1. The zero-order valence-corrected chi connectivity index (χ0v) is 14.9. The molecular formula is C17H19N3O4S. The van der Waals surface area contributed by atoms with Crippen LogP contribution in [-0.4, -0.2) is 31.1 Å². The molecule has 1 aromatic carbocycles. The van der Waals surface area contributed by atoms with Crippen molar-refractivity contribution in [1.82, 2.24) is 9.71 Å². The van der Waals surface area contributed by atoms with Gasteiger partial charge in [-0.1, -0.05) is 18.2 Å². The first-order valence-corrected chi connectivity index (χ1v) is 9.05. The van der Waals surface area contributed by atoms with E-state index >= 15 is 0 Å². The fourth-order valence-electron chi connectivity index (χ4n) is 2.07. The molecule has 132 valence electrons. The molecule has 0 aliphatic rings. The van der Waals surface area contributed by atoms with Crippen molar-refractivity contribution in [3.8, 4) is 0 Å². The number of carbonyl (C=O) groups excluding carboxylic acids is 2. The van der Waals surface area contributed by atoms with Gasteiger partial charge in [0, 0.05) is 11.3 Å². The Morgan fingerprint density at radius 2 is 1.72 bits per heavy atom. The molecule has 8 heteroatoms. The molecule has 2 rings (SSSR count). The zero-order chi connectivity index (χ0) is 18.6. The van der Waals surface area contributed by atoms with Crippen molar-refractivity contribution in [1.29, 1.82) is 0 Å². The van der Waals surface area contributed by atoms with Gasteiger partial charge in [-0.25, -0.2) is 13.4 Å². The molecule has 1 heterocycles. The van der Waals surface area contributed by atoms with Gasteiger partial charge in [-0.2, -0.15) is 4.72 Å². The van der Waals surface area contributed by atoms with Gasteiger partial charge in [0.1, 0.15) is 5.82 Å². The summed E-state index contributed by atoms with van der Waals surface area (Å²) >= 11 is 0. The Balaban J connectivity index is 2.08. The highest BCUT2D eigenvalue weighted by Crippen LogP contribution is 2.12. The van der Waals surface area contributed by atoms with Crippen molar-refractivity contribution in [3.63, 3.8) is 0 Å². The van der Waals surface area contributed by atoms with Crippen molar-refractivity contribution < 1.29 is 18.0 Å². The van der Waals surface area contributed by atoms with Gasteiger partial charge < -0.3 is 5.32 Å². The molecule has 7 nitrogen and oxygen atoms in total. The zero-order valence-electron chi connectivity index (χ0n) is 14.1. The lowest BCUT2D eigenvalue weighted by Crippen LogP contribution is -2.41.